The fraction of sp³-hybridized carbons (Fsp3) is 0.750. The molecule has 4 aliphatic carbocycles. The van der Waals surface area contributed by atoms with Crippen molar-refractivity contribution in [3.8, 4) is 0 Å². The molecule has 6 atom stereocenters. The molecule has 4 aliphatic rings. The van der Waals surface area contributed by atoms with Gasteiger partial charge in [-0.1, -0.05) is 37.6 Å². The van der Waals surface area contributed by atoms with Crippen LogP contribution in [0.1, 0.15) is 71.6 Å². The Labute approximate surface area is 174 Å². The highest BCUT2D eigenvalue weighted by atomic mass is 32.1. The molecule has 0 heterocycles. The maximum atomic E-state index is 12.4. The third-order valence-corrected chi connectivity index (χ3v) is 8.89. The molecule has 4 heteroatoms. The predicted molar refractivity (Wildman–Crippen MR) is 114 cm³/mol. The minimum atomic E-state index is -0.195. The molecule has 0 spiro atoms. The Morgan fingerprint density at radius 1 is 1.21 bits per heavy atom. The number of allylic oxidation sites excluding steroid dienone is 4. The summed E-state index contributed by atoms with van der Waals surface area (Å²) in [5.41, 5.74) is 1.60. The SMILES string of the molecule is CCCC(=O)OC[C@]12CC[C@H]3[C@@H](CCC4=CCC=C[C@@]43C)[C@@H]1CC[C@@H]2C(=O)S. The number of hydrogen-bond acceptors (Lipinski definition) is 3. The molecule has 0 radical (unpaired) electrons. The van der Waals surface area contributed by atoms with E-state index in [-0.39, 0.29) is 27.8 Å². The lowest BCUT2D eigenvalue weighted by Crippen LogP contribution is -2.52. The first kappa shape index (κ1) is 20.3. The van der Waals surface area contributed by atoms with Crippen LogP contribution in [-0.2, 0) is 14.3 Å². The van der Waals surface area contributed by atoms with Crippen LogP contribution in [0.25, 0.3) is 0 Å². The normalized spacial score (nSPS) is 41.5. The first-order valence-corrected chi connectivity index (χ1v) is 11.6. The minimum Gasteiger partial charge on any atom is -0.465 e. The molecule has 0 aromatic carbocycles. The van der Waals surface area contributed by atoms with Crippen molar-refractivity contribution in [2.24, 2.45) is 34.5 Å². The maximum absolute atomic E-state index is 12.4. The van der Waals surface area contributed by atoms with E-state index in [2.05, 4.69) is 37.8 Å². The van der Waals surface area contributed by atoms with Crippen molar-refractivity contribution in [3.05, 3.63) is 23.8 Å². The van der Waals surface area contributed by atoms with Crippen molar-refractivity contribution < 1.29 is 14.3 Å². The largest absolute Gasteiger partial charge is 0.465 e. The van der Waals surface area contributed by atoms with Gasteiger partial charge < -0.3 is 4.74 Å². The summed E-state index contributed by atoms with van der Waals surface area (Å²) in [6.07, 6.45) is 16.0. The fourth-order valence-electron chi connectivity index (χ4n) is 7.29. The van der Waals surface area contributed by atoms with Crippen molar-refractivity contribution in [1.82, 2.24) is 0 Å². The van der Waals surface area contributed by atoms with Crippen LogP contribution in [0, 0.1) is 34.5 Å². The first-order chi connectivity index (χ1) is 13.4. The van der Waals surface area contributed by atoms with Crippen molar-refractivity contribution in [1.29, 1.82) is 0 Å². The lowest BCUT2D eigenvalue weighted by atomic mass is 9.47. The zero-order valence-corrected chi connectivity index (χ0v) is 18.2. The summed E-state index contributed by atoms with van der Waals surface area (Å²) in [4.78, 5) is 24.6. The second kappa shape index (κ2) is 7.66. The van der Waals surface area contributed by atoms with Crippen LogP contribution in [0.4, 0.5) is 0 Å². The highest BCUT2D eigenvalue weighted by molar-refractivity contribution is 7.96. The minimum absolute atomic E-state index is 0.00680. The zero-order chi connectivity index (χ0) is 19.9. The standard InChI is InChI=1S/C24H34O3S/c1-3-6-21(25)27-15-24-14-12-18-17(19(24)10-11-20(24)22(26)28)9-8-16-7-4-5-13-23(16,18)2/h5,7,13,17-20H,3-4,6,8-12,14-15H2,1-2H3,(H,26,28)/t17-,18+,19+,20-,23+,24-/m1/s1. The molecule has 3 nitrogen and oxygen atoms in total. The van der Waals surface area contributed by atoms with Gasteiger partial charge in [-0.15, -0.1) is 12.6 Å². The smallest absolute Gasteiger partial charge is 0.305 e. The van der Waals surface area contributed by atoms with Gasteiger partial charge in [0.25, 0.3) is 0 Å². The molecule has 0 N–H and O–H groups in total. The number of esters is 1. The van der Waals surface area contributed by atoms with Crippen LogP contribution >= 0.6 is 12.6 Å². The third kappa shape index (κ3) is 3.11. The van der Waals surface area contributed by atoms with Crippen LogP contribution in [0.5, 0.6) is 0 Å². The molecular weight excluding hydrogens is 368 g/mol. The predicted octanol–water partition coefficient (Wildman–Crippen LogP) is 5.51. The van der Waals surface area contributed by atoms with E-state index < -0.39 is 0 Å². The van der Waals surface area contributed by atoms with E-state index in [9.17, 15) is 9.59 Å². The maximum Gasteiger partial charge on any atom is 0.305 e. The summed E-state index contributed by atoms with van der Waals surface area (Å²) >= 11 is 4.26. The average Bonchev–Trinajstić information content (AvgIpc) is 3.06. The summed E-state index contributed by atoms with van der Waals surface area (Å²) in [5.74, 6) is 1.54. The quantitative estimate of drug-likeness (QED) is 0.374. The monoisotopic (exact) mass is 402 g/mol. The Kier molecular flexibility index (Phi) is 5.54. The molecule has 4 rings (SSSR count). The molecule has 28 heavy (non-hydrogen) atoms. The number of hydrogen-bond donors (Lipinski definition) is 1. The molecule has 3 fully saturated rings. The Bertz CT molecular complexity index is 711. The summed E-state index contributed by atoms with van der Waals surface area (Å²) in [6.45, 7) is 4.83. The molecular formula is C24H34O3S. The van der Waals surface area contributed by atoms with E-state index in [1.807, 2.05) is 6.92 Å². The summed E-state index contributed by atoms with van der Waals surface area (Å²) in [5, 5.41) is -0.00680. The zero-order valence-electron chi connectivity index (χ0n) is 17.3. The van der Waals surface area contributed by atoms with Crippen molar-refractivity contribution in [3.63, 3.8) is 0 Å². The summed E-state index contributed by atoms with van der Waals surface area (Å²) < 4.78 is 5.77. The highest BCUT2D eigenvalue weighted by Gasteiger charge is 2.61. The van der Waals surface area contributed by atoms with Crippen LogP contribution in [0.15, 0.2) is 23.8 Å². The van der Waals surface area contributed by atoms with E-state index in [0.717, 1.165) is 38.5 Å². The Hall–Kier alpha value is -1.03. The average molecular weight is 403 g/mol. The van der Waals surface area contributed by atoms with E-state index in [1.165, 1.54) is 12.8 Å². The lowest BCUT2D eigenvalue weighted by Gasteiger charge is -2.57. The number of ether oxygens (including phenoxy) is 1. The second-order valence-electron chi connectivity index (χ2n) is 9.72. The molecule has 0 unspecified atom stereocenters. The van der Waals surface area contributed by atoms with Gasteiger partial charge in [0.05, 0.1) is 6.61 Å². The first-order valence-electron chi connectivity index (χ1n) is 11.2. The summed E-state index contributed by atoms with van der Waals surface area (Å²) in [6, 6.07) is 0. The van der Waals surface area contributed by atoms with Crippen LogP contribution < -0.4 is 0 Å². The number of carbonyl (C=O) groups is 2. The Morgan fingerprint density at radius 2 is 2.04 bits per heavy atom. The second-order valence-corrected chi connectivity index (χ2v) is 10.2. The van der Waals surface area contributed by atoms with Crippen molar-refractivity contribution in [2.45, 2.75) is 71.6 Å². The van der Waals surface area contributed by atoms with Gasteiger partial charge in [-0.3, -0.25) is 9.59 Å². The van der Waals surface area contributed by atoms with Gasteiger partial charge in [-0.25, -0.2) is 0 Å². The molecule has 0 saturated heterocycles. The number of thiol groups is 1. The van der Waals surface area contributed by atoms with Gasteiger partial charge in [-0.05, 0) is 69.1 Å². The molecule has 0 aromatic rings. The topological polar surface area (TPSA) is 43.4 Å². The summed E-state index contributed by atoms with van der Waals surface area (Å²) in [7, 11) is 0. The molecule has 0 amide bonds. The molecule has 0 aliphatic heterocycles. The van der Waals surface area contributed by atoms with Gasteiger partial charge in [0.1, 0.15) is 0 Å². The van der Waals surface area contributed by atoms with Gasteiger partial charge >= 0.3 is 5.97 Å². The van der Waals surface area contributed by atoms with Gasteiger partial charge in [0, 0.05) is 23.2 Å². The van der Waals surface area contributed by atoms with E-state index in [0.29, 0.717) is 30.8 Å². The fourth-order valence-corrected chi connectivity index (χ4v) is 7.68. The van der Waals surface area contributed by atoms with E-state index in [4.69, 9.17) is 4.74 Å². The number of carbonyl (C=O) groups excluding carboxylic acids is 2. The highest BCUT2D eigenvalue weighted by Crippen LogP contribution is 2.66. The molecule has 0 aromatic heterocycles. The molecule has 0 bridgehead atoms. The van der Waals surface area contributed by atoms with Gasteiger partial charge in [-0.2, -0.15) is 0 Å². The van der Waals surface area contributed by atoms with E-state index in [1.54, 1.807) is 5.57 Å². The Balaban J connectivity index is 1.62. The van der Waals surface area contributed by atoms with Crippen LogP contribution in [-0.4, -0.2) is 17.7 Å². The number of rotatable bonds is 5. The van der Waals surface area contributed by atoms with Gasteiger partial charge in [0.2, 0.25) is 0 Å². The van der Waals surface area contributed by atoms with Gasteiger partial charge in [0.15, 0.2) is 5.12 Å². The number of fused-ring (bicyclic) bond motifs is 5. The van der Waals surface area contributed by atoms with Crippen molar-refractivity contribution in [2.75, 3.05) is 6.61 Å². The molecule has 3 saturated carbocycles. The Morgan fingerprint density at radius 3 is 2.79 bits per heavy atom. The van der Waals surface area contributed by atoms with E-state index >= 15 is 0 Å². The molecule has 154 valence electrons. The third-order valence-electron chi connectivity index (χ3n) is 8.58. The lowest BCUT2D eigenvalue weighted by molar-refractivity contribution is -0.156. The van der Waals surface area contributed by atoms with Crippen LogP contribution in [0.2, 0.25) is 0 Å². The van der Waals surface area contributed by atoms with Crippen LogP contribution in [0.3, 0.4) is 0 Å². The van der Waals surface area contributed by atoms with Crippen molar-refractivity contribution >= 4 is 23.7 Å².